The highest BCUT2D eigenvalue weighted by Gasteiger charge is 2.27. The van der Waals surface area contributed by atoms with Gasteiger partial charge in [0.2, 0.25) is 0 Å². The maximum Gasteiger partial charge on any atom is 0.381 e. The lowest BCUT2D eigenvalue weighted by atomic mass is 9.99. The third kappa shape index (κ3) is 3.48. The number of aromatic amines is 1. The van der Waals surface area contributed by atoms with Gasteiger partial charge in [-0.15, -0.1) is 0 Å². The van der Waals surface area contributed by atoms with Crippen molar-refractivity contribution in [3.05, 3.63) is 47.1 Å². The molecule has 0 aliphatic rings. The Labute approximate surface area is 161 Å². The molecule has 1 heterocycles. The Morgan fingerprint density at radius 3 is 2.37 bits per heavy atom. The van der Waals surface area contributed by atoms with E-state index in [1.165, 1.54) is 14.2 Å². The fraction of sp³-hybridized carbons (Fsp3) is 0.200. The molecule has 0 bridgehead atoms. The van der Waals surface area contributed by atoms with Crippen LogP contribution in [0.3, 0.4) is 0 Å². The zero-order chi connectivity index (χ0) is 19.6. The van der Waals surface area contributed by atoms with Crippen molar-refractivity contribution in [3.8, 4) is 22.6 Å². The summed E-state index contributed by atoms with van der Waals surface area (Å²) in [4.78, 5) is 27.8. The molecule has 3 aromatic rings. The van der Waals surface area contributed by atoms with Gasteiger partial charge in [-0.1, -0.05) is 23.7 Å². The Morgan fingerprint density at radius 2 is 1.78 bits per heavy atom. The Hall–Kier alpha value is -2.99. The minimum absolute atomic E-state index is 0.109. The van der Waals surface area contributed by atoms with Gasteiger partial charge in [-0.25, -0.2) is 4.79 Å². The Bertz CT molecular complexity index is 1010. The highest BCUT2D eigenvalue weighted by molar-refractivity contribution is 6.42. The van der Waals surface area contributed by atoms with Crippen LogP contribution in [-0.4, -0.2) is 37.6 Å². The zero-order valence-electron chi connectivity index (χ0n) is 15.1. The first-order valence-corrected chi connectivity index (χ1v) is 8.63. The van der Waals surface area contributed by atoms with Crippen LogP contribution in [0, 0.1) is 0 Å². The number of aromatic nitrogens is 1. The van der Waals surface area contributed by atoms with Crippen LogP contribution >= 0.6 is 11.6 Å². The summed E-state index contributed by atoms with van der Waals surface area (Å²) in [6.07, 6.45) is 0. The lowest BCUT2D eigenvalue weighted by Crippen LogP contribution is -2.18. The van der Waals surface area contributed by atoms with Crippen LogP contribution in [0.25, 0.3) is 22.0 Å². The number of rotatable bonds is 6. The van der Waals surface area contributed by atoms with Crippen molar-refractivity contribution in [3.63, 3.8) is 0 Å². The van der Waals surface area contributed by atoms with Crippen LogP contribution in [0.5, 0.6) is 11.5 Å². The van der Waals surface area contributed by atoms with E-state index >= 15 is 0 Å². The minimum Gasteiger partial charge on any atom is -0.497 e. The average Bonchev–Trinajstić information content (AvgIpc) is 3.06. The van der Waals surface area contributed by atoms with E-state index in [2.05, 4.69) is 4.98 Å². The number of benzene rings is 2. The predicted molar refractivity (Wildman–Crippen MR) is 103 cm³/mol. The lowest BCUT2D eigenvalue weighted by molar-refractivity contribution is -0.137. The number of nitrogens with one attached hydrogen (secondary N) is 1. The van der Waals surface area contributed by atoms with Gasteiger partial charge in [-0.05, 0) is 24.6 Å². The molecule has 3 rings (SSSR count). The molecule has 2 aromatic carbocycles. The molecule has 6 nitrogen and oxygen atoms in total. The highest BCUT2D eigenvalue weighted by Crippen LogP contribution is 2.41. The van der Waals surface area contributed by atoms with E-state index in [0.717, 1.165) is 0 Å². The SMILES string of the molecule is CCOC(=O)C(=O)c1[nH]c2cc(OC)cc(OC)c2c1-c1ccc(Cl)cc1. The summed E-state index contributed by atoms with van der Waals surface area (Å²) in [5.41, 5.74) is 1.97. The first-order valence-electron chi connectivity index (χ1n) is 8.25. The van der Waals surface area contributed by atoms with E-state index < -0.39 is 11.8 Å². The molecule has 0 spiro atoms. The standard InChI is InChI=1S/C20H18ClNO5/c1-4-27-20(24)19(23)18-16(11-5-7-12(21)8-6-11)17-14(22-18)9-13(25-2)10-15(17)26-3/h5-10,22H,4H2,1-3H3. The minimum atomic E-state index is -0.926. The molecule has 0 fully saturated rings. The normalized spacial score (nSPS) is 10.7. The van der Waals surface area contributed by atoms with E-state index in [4.69, 9.17) is 25.8 Å². The van der Waals surface area contributed by atoms with Crippen molar-refractivity contribution in [1.82, 2.24) is 4.98 Å². The summed E-state index contributed by atoms with van der Waals surface area (Å²) >= 11 is 5.99. The fourth-order valence-electron chi connectivity index (χ4n) is 2.92. The van der Waals surface area contributed by atoms with E-state index in [-0.39, 0.29) is 12.3 Å². The summed E-state index contributed by atoms with van der Waals surface area (Å²) in [6, 6.07) is 10.4. The largest absolute Gasteiger partial charge is 0.497 e. The van der Waals surface area contributed by atoms with Crippen LogP contribution in [0.1, 0.15) is 17.4 Å². The van der Waals surface area contributed by atoms with Crippen LogP contribution in [-0.2, 0) is 9.53 Å². The molecule has 0 saturated carbocycles. The van der Waals surface area contributed by atoms with Crippen molar-refractivity contribution in [2.75, 3.05) is 20.8 Å². The van der Waals surface area contributed by atoms with Crippen LogP contribution < -0.4 is 9.47 Å². The smallest absolute Gasteiger partial charge is 0.381 e. The Kier molecular flexibility index (Phi) is 5.37. The third-order valence-electron chi connectivity index (χ3n) is 4.11. The van der Waals surface area contributed by atoms with Gasteiger partial charge in [0.1, 0.15) is 17.2 Å². The second-order valence-corrected chi connectivity index (χ2v) is 6.12. The van der Waals surface area contributed by atoms with Gasteiger partial charge < -0.3 is 19.2 Å². The fourth-order valence-corrected chi connectivity index (χ4v) is 3.05. The molecule has 140 valence electrons. The van der Waals surface area contributed by atoms with Gasteiger partial charge >= 0.3 is 5.97 Å². The molecule has 0 aliphatic carbocycles. The Balaban J connectivity index is 2.33. The summed E-state index contributed by atoms with van der Waals surface area (Å²) in [5.74, 6) is -0.629. The van der Waals surface area contributed by atoms with Gasteiger partial charge in [0.05, 0.1) is 31.7 Å². The number of H-pyrrole nitrogens is 1. The van der Waals surface area contributed by atoms with Gasteiger partial charge in [-0.3, -0.25) is 4.79 Å². The quantitative estimate of drug-likeness (QED) is 0.388. The number of fused-ring (bicyclic) bond motifs is 1. The maximum absolute atomic E-state index is 12.7. The van der Waals surface area contributed by atoms with Gasteiger partial charge in [0, 0.05) is 22.7 Å². The van der Waals surface area contributed by atoms with Crippen molar-refractivity contribution in [2.45, 2.75) is 6.92 Å². The summed E-state index contributed by atoms with van der Waals surface area (Å²) in [5, 5.41) is 1.22. The number of carbonyl (C=O) groups is 2. The van der Waals surface area contributed by atoms with Gasteiger partial charge in [0.25, 0.3) is 5.78 Å². The monoisotopic (exact) mass is 387 g/mol. The van der Waals surface area contributed by atoms with E-state index in [1.807, 2.05) is 0 Å². The average molecular weight is 388 g/mol. The molecule has 0 unspecified atom stereocenters. The molecular formula is C20H18ClNO5. The summed E-state index contributed by atoms with van der Waals surface area (Å²) in [7, 11) is 3.06. The van der Waals surface area contributed by atoms with Crippen molar-refractivity contribution < 1.29 is 23.8 Å². The number of ether oxygens (including phenoxy) is 3. The van der Waals surface area contributed by atoms with Crippen molar-refractivity contribution in [2.24, 2.45) is 0 Å². The first-order chi connectivity index (χ1) is 13.0. The Morgan fingerprint density at radius 1 is 1.07 bits per heavy atom. The van der Waals surface area contributed by atoms with Crippen LogP contribution in [0.2, 0.25) is 5.02 Å². The molecule has 0 aliphatic heterocycles. The molecular weight excluding hydrogens is 370 g/mol. The number of ketones is 1. The second-order valence-electron chi connectivity index (χ2n) is 5.68. The lowest BCUT2D eigenvalue weighted by Gasteiger charge is -2.09. The topological polar surface area (TPSA) is 77.6 Å². The molecule has 7 heteroatoms. The number of hydrogen-bond acceptors (Lipinski definition) is 5. The maximum atomic E-state index is 12.7. The van der Waals surface area contributed by atoms with E-state index in [1.54, 1.807) is 43.3 Å². The molecule has 0 radical (unpaired) electrons. The predicted octanol–water partition coefficient (Wildman–Crippen LogP) is 4.25. The number of methoxy groups -OCH3 is 2. The van der Waals surface area contributed by atoms with Crippen molar-refractivity contribution in [1.29, 1.82) is 0 Å². The third-order valence-corrected chi connectivity index (χ3v) is 4.36. The van der Waals surface area contributed by atoms with Crippen LogP contribution in [0.4, 0.5) is 0 Å². The molecule has 0 atom stereocenters. The highest BCUT2D eigenvalue weighted by atomic mass is 35.5. The van der Waals surface area contributed by atoms with E-state index in [0.29, 0.717) is 38.6 Å². The molecule has 0 amide bonds. The number of esters is 1. The molecule has 0 saturated heterocycles. The van der Waals surface area contributed by atoms with Gasteiger partial charge in [0.15, 0.2) is 0 Å². The number of hydrogen-bond donors (Lipinski definition) is 1. The molecule has 27 heavy (non-hydrogen) atoms. The second kappa shape index (κ2) is 7.72. The van der Waals surface area contributed by atoms with Crippen molar-refractivity contribution >= 4 is 34.3 Å². The number of carbonyl (C=O) groups excluding carboxylic acids is 2. The molecule has 1 N–H and O–H groups in total. The zero-order valence-corrected chi connectivity index (χ0v) is 15.8. The molecule has 1 aromatic heterocycles. The van der Waals surface area contributed by atoms with Crippen LogP contribution in [0.15, 0.2) is 36.4 Å². The van der Waals surface area contributed by atoms with E-state index in [9.17, 15) is 9.59 Å². The first kappa shape index (κ1) is 18.8. The van der Waals surface area contributed by atoms with Gasteiger partial charge in [-0.2, -0.15) is 0 Å². The number of halogens is 1. The summed E-state index contributed by atoms with van der Waals surface area (Å²) < 4.78 is 15.7. The number of Topliss-reactive ketones (excluding diaryl/α,β-unsaturated/α-hetero) is 1. The summed E-state index contributed by atoms with van der Waals surface area (Å²) in [6.45, 7) is 1.75.